The molecule has 0 saturated heterocycles. The molecule has 2 aromatic heterocycles. The summed E-state index contributed by atoms with van der Waals surface area (Å²) in [6.45, 7) is 4.77. The predicted octanol–water partition coefficient (Wildman–Crippen LogP) is 2.12. The first-order valence-electron chi connectivity index (χ1n) is 5.44. The van der Waals surface area contributed by atoms with Gasteiger partial charge in [0.25, 0.3) is 0 Å². The molecule has 4 heteroatoms. The van der Waals surface area contributed by atoms with E-state index >= 15 is 0 Å². The van der Waals surface area contributed by atoms with Gasteiger partial charge in [-0.3, -0.25) is 4.68 Å². The van der Waals surface area contributed by atoms with Gasteiger partial charge in [0.05, 0.1) is 6.54 Å². The van der Waals surface area contributed by atoms with Gasteiger partial charge < -0.3 is 5.43 Å². The maximum Gasteiger partial charge on any atom is 0.140 e. The topological polar surface area (TPSA) is 53.6 Å². The van der Waals surface area contributed by atoms with E-state index in [2.05, 4.69) is 22.5 Å². The molecule has 2 heterocycles. The fourth-order valence-electron chi connectivity index (χ4n) is 1.73. The van der Waals surface area contributed by atoms with Gasteiger partial charge in [0.2, 0.25) is 0 Å². The molecule has 0 aliphatic carbocycles. The van der Waals surface area contributed by atoms with E-state index in [4.69, 9.17) is 5.26 Å². The summed E-state index contributed by atoms with van der Waals surface area (Å²) in [5.74, 6) is 0. The summed E-state index contributed by atoms with van der Waals surface area (Å²) >= 11 is 0. The Hall–Kier alpha value is -2.28. The summed E-state index contributed by atoms with van der Waals surface area (Å²) in [6, 6.07) is 9.87. The lowest BCUT2D eigenvalue weighted by Gasteiger charge is -2.12. The number of pyridine rings is 1. The molecule has 0 saturated carbocycles. The highest BCUT2D eigenvalue weighted by atomic mass is 15.4. The molecule has 0 spiro atoms. The van der Waals surface area contributed by atoms with Gasteiger partial charge in [-0.25, -0.2) is 4.98 Å². The van der Waals surface area contributed by atoms with E-state index in [-0.39, 0.29) is 0 Å². The zero-order valence-corrected chi connectivity index (χ0v) is 9.94. The molecule has 0 aliphatic rings. The molecular formula is C13H14N4. The minimum absolute atomic E-state index is 0.449. The fourth-order valence-corrected chi connectivity index (χ4v) is 1.73. The van der Waals surface area contributed by atoms with Crippen LogP contribution in [0, 0.1) is 25.2 Å². The SMILES string of the molecule is Cc1ccc(C)n1NCc1ccnc(C#N)c1. The molecule has 0 radical (unpaired) electrons. The van der Waals surface area contributed by atoms with Crippen LogP contribution in [0.3, 0.4) is 0 Å². The quantitative estimate of drug-likeness (QED) is 0.872. The maximum absolute atomic E-state index is 8.76. The molecule has 0 amide bonds. The molecule has 0 aromatic carbocycles. The van der Waals surface area contributed by atoms with Gasteiger partial charge in [-0.15, -0.1) is 0 Å². The van der Waals surface area contributed by atoms with Crippen LogP contribution in [0.2, 0.25) is 0 Å². The number of aryl methyl sites for hydroxylation is 2. The number of hydrogen-bond donors (Lipinski definition) is 1. The molecular weight excluding hydrogens is 212 g/mol. The van der Waals surface area contributed by atoms with Gasteiger partial charge in [0, 0.05) is 17.6 Å². The van der Waals surface area contributed by atoms with Crippen molar-refractivity contribution in [3.63, 3.8) is 0 Å². The largest absolute Gasteiger partial charge is 0.322 e. The molecule has 0 aliphatic heterocycles. The van der Waals surface area contributed by atoms with Crippen molar-refractivity contribution in [2.45, 2.75) is 20.4 Å². The highest BCUT2D eigenvalue weighted by molar-refractivity contribution is 5.26. The number of nitriles is 1. The molecule has 4 nitrogen and oxygen atoms in total. The molecule has 1 N–H and O–H groups in total. The summed E-state index contributed by atoms with van der Waals surface area (Å²) in [5, 5.41) is 8.76. The van der Waals surface area contributed by atoms with Crippen LogP contribution in [0.15, 0.2) is 30.5 Å². The average Bonchev–Trinajstić information content (AvgIpc) is 2.67. The van der Waals surface area contributed by atoms with Crippen molar-refractivity contribution in [2.24, 2.45) is 0 Å². The van der Waals surface area contributed by atoms with Crippen molar-refractivity contribution in [1.82, 2.24) is 9.66 Å². The molecule has 86 valence electrons. The Bertz CT molecular complexity index is 544. The molecule has 0 bridgehead atoms. The number of aromatic nitrogens is 2. The Morgan fingerprint density at radius 1 is 1.29 bits per heavy atom. The first-order valence-corrected chi connectivity index (χ1v) is 5.44. The third-order valence-corrected chi connectivity index (χ3v) is 2.65. The van der Waals surface area contributed by atoms with Gasteiger partial charge in [-0.05, 0) is 43.7 Å². The number of rotatable bonds is 3. The normalized spacial score (nSPS) is 9.94. The lowest BCUT2D eigenvalue weighted by molar-refractivity contribution is 0.791. The van der Waals surface area contributed by atoms with Crippen molar-refractivity contribution in [2.75, 3.05) is 5.43 Å². The summed E-state index contributed by atoms with van der Waals surface area (Å²) in [7, 11) is 0. The Kier molecular flexibility index (Phi) is 3.10. The van der Waals surface area contributed by atoms with Crippen molar-refractivity contribution in [3.05, 3.63) is 53.1 Å². The van der Waals surface area contributed by atoms with Gasteiger partial charge >= 0.3 is 0 Å². The standard InChI is InChI=1S/C13H14N4/c1-10-3-4-11(2)17(10)16-9-12-5-6-15-13(7-12)8-14/h3-7,16H,9H2,1-2H3. The Labute approximate surface area is 100 Å². The number of nitrogens with one attached hydrogen (secondary N) is 1. The van der Waals surface area contributed by atoms with Crippen LogP contribution in [0.1, 0.15) is 22.6 Å². The zero-order valence-electron chi connectivity index (χ0n) is 9.94. The van der Waals surface area contributed by atoms with E-state index in [0.717, 1.165) is 17.0 Å². The second-order valence-electron chi connectivity index (χ2n) is 3.95. The van der Waals surface area contributed by atoms with Crippen LogP contribution in [-0.2, 0) is 6.54 Å². The van der Waals surface area contributed by atoms with Gasteiger partial charge in [0.1, 0.15) is 11.8 Å². The molecule has 2 aromatic rings. The third-order valence-electron chi connectivity index (χ3n) is 2.65. The average molecular weight is 226 g/mol. The van der Waals surface area contributed by atoms with Crippen molar-refractivity contribution < 1.29 is 0 Å². The van der Waals surface area contributed by atoms with Gasteiger partial charge in [0.15, 0.2) is 0 Å². The van der Waals surface area contributed by atoms with Gasteiger partial charge in [-0.2, -0.15) is 5.26 Å². The molecule has 0 fully saturated rings. The molecule has 0 atom stereocenters. The monoisotopic (exact) mass is 226 g/mol. The third kappa shape index (κ3) is 2.45. The van der Waals surface area contributed by atoms with Crippen LogP contribution in [-0.4, -0.2) is 9.66 Å². The second kappa shape index (κ2) is 4.71. The Balaban J connectivity index is 2.10. The van der Waals surface area contributed by atoms with E-state index in [1.807, 2.05) is 30.7 Å². The zero-order chi connectivity index (χ0) is 12.3. The first kappa shape index (κ1) is 11.2. The van der Waals surface area contributed by atoms with Crippen molar-refractivity contribution in [3.8, 4) is 6.07 Å². The summed E-state index contributed by atoms with van der Waals surface area (Å²) in [5.41, 5.74) is 7.13. The summed E-state index contributed by atoms with van der Waals surface area (Å²) in [6.07, 6.45) is 1.66. The van der Waals surface area contributed by atoms with Crippen LogP contribution < -0.4 is 5.43 Å². The molecule has 0 unspecified atom stereocenters. The lowest BCUT2D eigenvalue weighted by Crippen LogP contribution is -2.16. The summed E-state index contributed by atoms with van der Waals surface area (Å²) < 4.78 is 2.03. The van der Waals surface area contributed by atoms with E-state index in [1.165, 1.54) is 0 Å². The lowest BCUT2D eigenvalue weighted by atomic mass is 10.2. The highest BCUT2D eigenvalue weighted by Gasteiger charge is 2.01. The van der Waals surface area contributed by atoms with Crippen LogP contribution in [0.25, 0.3) is 0 Å². The minimum atomic E-state index is 0.449. The van der Waals surface area contributed by atoms with Crippen LogP contribution in [0.5, 0.6) is 0 Å². The highest BCUT2D eigenvalue weighted by Crippen LogP contribution is 2.06. The predicted molar refractivity (Wildman–Crippen MR) is 65.9 cm³/mol. The Morgan fingerprint density at radius 3 is 2.65 bits per heavy atom. The van der Waals surface area contributed by atoms with Crippen molar-refractivity contribution in [1.29, 1.82) is 5.26 Å². The molecule has 2 rings (SSSR count). The van der Waals surface area contributed by atoms with Crippen molar-refractivity contribution >= 4 is 0 Å². The number of nitrogens with zero attached hydrogens (tertiary/aromatic N) is 3. The van der Waals surface area contributed by atoms with Crippen LogP contribution >= 0.6 is 0 Å². The first-order chi connectivity index (χ1) is 8.20. The summed E-state index contributed by atoms with van der Waals surface area (Å²) in [4.78, 5) is 3.94. The Morgan fingerprint density at radius 2 is 2.00 bits per heavy atom. The van der Waals surface area contributed by atoms with Crippen LogP contribution in [0.4, 0.5) is 0 Å². The van der Waals surface area contributed by atoms with E-state index < -0.39 is 0 Å². The van der Waals surface area contributed by atoms with E-state index in [0.29, 0.717) is 12.2 Å². The number of hydrogen-bond acceptors (Lipinski definition) is 3. The second-order valence-corrected chi connectivity index (χ2v) is 3.95. The smallest absolute Gasteiger partial charge is 0.140 e. The molecule has 17 heavy (non-hydrogen) atoms. The minimum Gasteiger partial charge on any atom is -0.322 e. The van der Waals surface area contributed by atoms with Gasteiger partial charge in [-0.1, -0.05) is 0 Å². The van der Waals surface area contributed by atoms with E-state index in [1.54, 1.807) is 12.3 Å². The maximum atomic E-state index is 8.76. The van der Waals surface area contributed by atoms with E-state index in [9.17, 15) is 0 Å². The fraction of sp³-hybridized carbons (Fsp3) is 0.231.